The summed E-state index contributed by atoms with van der Waals surface area (Å²) < 4.78 is 27.1. The van der Waals surface area contributed by atoms with E-state index in [-0.39, 0.29) is 23.8 Å². The van der Waals surface area contributed by atoms with Gasteiger partial charge in [-0.2, -0.15) is 0 Å². The lowest BCUT2D eigenvalue weighted by Gasteiger charge is -2.34. The van der Waals surface area contributed by atoms with Crippen LogP contribution in [-0.2, 0) is 9.59 Å². The lowest BCUT2D eigenvalue weighted by Crippen LogP contribution is -2.49. The van der Waals surface area contributed by atoms with Crippen LogP contribution in [0.1, 0.15) is 24.9 Å². The molecular weight excluding hydrogens is 328 g/mol. The highest BCUT2D eigenvalue weighted by Gasteiger charge is 2.26. The summed E-state index contributed by atoms with van der Waals surface area (Å²) in [6.07, 6.45) is 5.19. The zero-order chi connectivity index (χ0) is 18.4. The monoisotopic (exact) mass is 349 g/mol. The van der Waals surface area contributed by atoms with Gasteiger partial charge in [-0.3, -0.25) is 14.5 Å². The van der Waals surface area contributed by atoms with E-state index in [4.69, 9.17) is 6.42 Å². The number of nitrogens with zero attached hydrogens (tertiary/aromatic N) is 2. The highest BCUT2D eigenvalue weighted by Crippen LogP contribution is 2.22. The number of hydrogen-bond donors (Lipinski definition) is 1. The Balaban J connectivity index is 2.06. The molecule has 5 nitrogen and oxygen atoms in total. The minimum absolute atomic E-state index is 0.0860. The molecule has 1 saturated heterocycles. The Hall–Kier alpha value is -2.46. The molecule has 1 fully saturated rings. The molecule has 2 rings (SSSR count). The van der Waals surface area contributed by atoms with Crippen molar-refractivity contribution in [3.05, 3.63) is 35.4 Å². The quantitative estimate of drug-likeness (QED) is 0.816. The molecule has 0 aliphatic carbocycles. The predicted octanol–water partition coefficient (Wildman–Crippen LogP) is 1.31. The van der Waals surface area contributed by atoms with Gasteiger partial charge < -0.3 is 10.2 Å². The first-order chi connectivity index (χ1) is 11.9. The van der Waals surface area contributed by atoms with E-state index in [2.05, 4.69) is 16.1 Å². The van der Waals surface area contributed by atoms with Gasteiger partial charge in [0.2, 0.25) is 11.8 Å². The van der Waals surface area contributed by atoms with Crippen LogP contribution in [0.5, 0.6) is 0 Å². The molecule has 1 atom stereocenters. The average molecular weight is 349 g/mol. The van der Waals surface area contributed by atoms with E-state index in [1.165, 1.54) is 13.0 Å². The second-order valence-electron chi connectivity index (χ2n) is 5.98. The van der Waals surface area contributed by atoms with E-state index in [1.54, 1.807) is 4.90 Å². The van der Waals surface area contributed by atoms with Crippen LogP contribution < -0.4 is 5.32 Å². The molecule has 0 saturated carbocycles. The molecule has 1 aromatic carbocycles. The van der Waals surface area contributed by atoms with Crippen LogP contribution in [0.4, 0.5) is 8.78 Å². The molecule has 1 N–H and O–H groups in total. The highest BCUT2D eigenvalue weighted by atomic mass is 19.1. The third-order valence-corrected chi connectivity index (χ3v) is 4.13. The van der Waals surface area contributed by atoms with Gasteiger partial charge in [0.15, 0.2) is 0 Å². The van der Waals surface area contributed by atoms with Gasteiger partial charge in [0.05, 0.1) is 19.0 Å². The van der Waals surface area contributed by atoms with E-state index in [9.17, 15) is 18.4 Å². The van der Waals surface area contributed by atoms with Gasteiger partial charge in [0.25, 0.3) is 0 Å². The fourth-order valence-electron chi connectivity index (χ4n) is 2.86. The first-order valence-corrected chi connectivity index (χ1v) is 8.06. The minimum Gasteiger partial charge on any atom is -0.349 e. The average Bonchev–Trinajstić information content (AvgIpc) is 2.54. The summed E-state index contributed by atoms with van der Waals surface area (Å²) in [7, 11) is 0. The van der Waals surface area contributed by atoms with Crippen LogP contribution in [0.25, 0.3) is 0 Å². The van der Waals surface area contributed by atoms with Crippen LogP contribution in [-0.4, -0.2) is 54.3 Å². The Morgan fingerprint density at radius 3 is 2.52 bits per heavy atom. The molecule has 1 aliphatic rings. The molecular formula is C18H21F2N3O2. The molecule has 0 spiro atoms. The minimum atomic E-state index is -0.839. The Morgan fingerprint density at radius 2 is 1.96 bits per heavy atom. The summed E-state index contributed by atoms with van der Waals surface area (Å²) in [6, 6.07) is 2.27. The van der Waals surface area contributed by atoms with Crippen molar-refractivity contribution in [3.8, 4) is 12.3 Å². The van der Waals surface area contributed by atoms with E-state index >= 15 is 0 Å². The lowest BCUT2D eigenvalue weighted by molar-refractivity contribution is -0.133. The largest absolute Gasteiger partial charge is 0.349 e. The number of rotatable bonds is 5. The summed E-state index contributed by atoms with van der Waals surface area (Å²) in [4.78, 5) is 27.7. The van der Waals surface area contributed by atoms with Crippen molar-refractivity contribution in [2.75, 3.05) is 32.7 Å². The van der Waals surface area contributed by atoms with Crippen LogP contribution in [0.15, 0.2) is 18.2 Å². The topological polar surface area (TPSA) is 52.6 Å². The van der Waals surface area contributed by atoms with Crippen LogP contribution >= 0.6 is 0 Å². The second kappa shape index (κ2) is 8.58. The molecule has 0 radical (unpaired) electrons. The molecule has 134 valence electrons. The fraction of sp³-hybridized carbons (Fsp3) is 0.444. The summed E-state index contributed by atoms with van der Waals surface area (Å²) in [5.74, 6) is 0.494. The Labute approximate surface area is 146 Å². The molecule has 0 unspecified atom stereocenters. The number of nitrogens with one attached hydrogen (secondary N) is 1. The number of hydrogen-bond acceptors (Lipinski definition) is 3. The Morgan fingerprint density at radius 1 is 1.28 bits per heavy atom. The molecule has 0 bridgehead atoms. The number of carbonyl (C=O) groups excluding carboxylic acids is 2. The van der Waals surface area contributed by atoms with Gasteiger partial charge in [-0.15, -0.1) is 6.42 Å². The maximum Gasteiger partial charge on any atom is 0.225 e. The molecule has 7 heteroatoms. The Kier molecular flexibility index (Phi) is 6.48. The number of piperazine rings is 1. The maximum absolute atomic E-state index is 14.0. The standard InChI is InChI=1S/C18H21F2N3O2/c1-3-6-22-7-9-23(10-8-22)18(25)12-17(21-13(2)24)15-5-4-14(19)11-16(15)20/h1,4-5,11,17H,6-10,12H2,2H3,(H,21,24)/t17-/m1/s1. The molecule has 1 aliphatic heterocycles. The summed E-state index contributed by atoms with van der Waals surface area (Å²) >= 11 is 0. The SMILES string of the molecule is C#CCN1CCN(C(=O)C[C@@H](NC(C)=O)c2ccc(F)cc2F)CC1. The van der Waals surface area contributed by atoms with Crippen molar-refractivity contribution in [2.45, 2.75) is 19.4 Å². The van der Waals surface area contributed by atoms with Crippen LogP contribution in [0.3, 0.4) is 0 Å². The highest BCUT2D eigenvalue weighted by molar-refractivity contribution is 5.79. The number of halogens is 2. The zero-order valence-corrected chi connectivity index (χ0v) is 14.1. The molecule has 2 amide bonds. The predicted molar refractivity (Wildman–Crippen MR) is 89.4 cm³/mol. The first kappa shape index (κ1) is 18.9. The van der Waals surface area contributed by atoms with E-state index < -0.39 is 17.7 Å². The van der Waals surface area contributed by atoms with Gasteiger partial charge in [0, 0.05) is 44.7 Å². The van der Waals surface area contributed by atoms with Crippen molar-refractivity contribution < 1.29 is 18.4 Å². The summed E-state index contributed by atoms with van der Waals surface area (Å²) in [6.45, 7) is 4.23. The van der Waals surface area contributed by atoms with E-state index in [0.717, 1.165) is 12.1 Å². The van der Waals surface area contributed by atoms with Crippen LogP contribution in [0.2, 0.25) is 0 Å². The second-order valence-corrected chi connectivity index (χ2v) is 5.98. The van der Waals surface area contributed by atoms with Gasteiger partial charge >= 0.3 is 0 Å². The van der Waals surface area contributed by atoms with E-state index in [1.807, 2.05) is 0 Å². The smallest absolute Gasteiger partial charge is 0.225 e. The maximum atomic E-state index is 14.0. The van der Waals surface area contributed by atoms with Crippen molar-refractivity contribution in [1.29, 1.82) is 0 Å². The van der Waals surface area contributed by atoms with Gasteiger partial charge in [-0.25, -0.2) is 8.78 Å². The summed E-state index contributed by atoms with van der Waals surface area (Å²) in [5.41, 5.74) is 0.0934. The third kappa shape index (κ3) is 5.26. The van der Waals surface area contributed by atoms with Gasteiger partial charge in [-0.1, -0.05) is 12.0 Å². The molecule has 1 aromatic rings. The van der Waals surface area contributed by atoms with Crippen molar-refractivity contribution >= 4 is 11.8 Å². The van der Waals surface area contributed by atoms with Crippen molar-refractivity contribution in [1.82, 2.24) is 15.1 Å². The van der Waals surface area contributed by atoms with Gasteiger partial charge in [0.1, 0.15) is 11.6 Å². The third-order valence-electron chi connectivity index (χ3n) is 4.13. The van der Waals surface area contributed by atoms with Gasteiger partial charge in [-0.05, 0) is 6.07 Å². The fourth-order valence-corrected chi connectivity index (χ4v) is 2.86. The number of carbonyl (C=O) groups is 2. The molecule has 25 heavy (non-hydrogen) atoms. The summed E-state index contributed by atoms with van der Waals surface area (Å²) in [5, 5.41) is 2.57. The van der Waals surface area contributed by atoms with Crippen LogP contribution in [0, 0.1) is 24.0 Å². The first-order valence-electron chi connectivity index (χ1n) is 8.06. The number of amides is 2. The number of benzene rings is 1. The lowest BCUT2D eigenvalue weighted by atomic mass is 10.0. The van der Waals surface area contributed by atoms with Crippen molar-refractivity contribution in [2.24, 2.45) is 0 Å². The zero-order valence-electron chi connectivity index (χ0n) is 14.1. The molecule has 0 aromatic heterocycles. The Bertz CT molecular complexity index is 679. The van der Waals surface area contributed by atoms with Crippen molar-refractivity contribution in [3.63, 3.8) is 0 Å². The molecule has 1 heterocycles. The number of terminal acetylenes is 1. The normalized spacial score (nSPS) is 16.2. The van der Waals surface area contributed by atoms with E-state index in [0.29, 0.717) is 32.7 Å².